The van der Waals surface area contributed by atoms with E-state index >= 15 is 0 Å². The van der Waals surface area contributed by atoms with Gasteiger partial charge in [0.15, 0.2) is 0 Å². The maximum atomic E-state index is 9.43. The standard InChI is InChI=1S/C25H31N9/c1-2-33-7-5-23(6-8-33)34-17-21(16-31-34)20-14-29-25(30-15-20)32-22-4-3-19(10-26)24(9-22)28-13-18-11-27-12-18/h3-4,9,14-18,23,27-28H,2,5-8,11-13H2,1H3,(H,29,30,32). The zero-order valence-corrected chi connectivity index (χ0v) is 19.5. The van der Waals surface area contributed by atoms with Gasteiger partial charge in [-0.25, -0.2) is 9.97 Å². The van der Waals surface area contributed by atoms with E-state index in [1.807, 2.05) is 36.8 Å². The second-order valence-corrected chi connectivity index (χ2v) is 9.07. The number of nitrogens with zero attached hydrogens (tertiary/aromatic N) is 6. The fourth-order valence-corrected chi connectivity index (χ4v) is 4.47. The molecule has 0 saturated carbocycles. The highest BCUT2D eigenvalue weighted by Crippen LogP contribution is 2.26. The molecule has 0 aliphatic carbocycles. The number of rotatable bonds is 8. The van der Waals surface area contributed by atoms with Crippen LogP contribution in [0.15, 0.2) is 43.0 Å². The largest absolute Gasteiger partial charge is 0.384 e. The summed E-state index contributed by atoms with van der Waals surface area (Å²) in [5.41, 5.74) is 4.27. The fourth-order valence-electron chi connectivity index (χ4n) is 4.47. The van der Waals surface area contributed by atoms with E-state index in [4.69, 9.17) is 0 Å². The summed E-state index contributed by atoms with van der Waals surface area (Å²) in [5.74, 6) is 1.12. The Morgan fingerprint density at radius 3 is 2.59 bits per heavy atom. The van der Waals surface area contributed by atoms with Crippen LogP contribution in [0.25, 0.3) is 11.1 Å². The summed E-state index contributed by atoms with van der Waals surface area (Å²) in [6.07, 6.45) is 9.91. The number of nitrogens with one attached hydrogen (secondary N) is 3. The van der Waals surface area contributed by atoms with Gasteiger partial charge < -0.3 is 20.9 Å². The minimum Gasteiger partial charge on any atom is -0.384 e. The molecule has 2 saturated heterocycles. The lowest BCUT2D eigenvalue weighted by atomic mass is 10.0. The predicted molar refractivity (Wildman–Crippen MR) is 133 cm³/mol. The normalized spacial score (nSPS) is 17.2. The van der Waals surface area contributed by atoms with Crippen molar-refractivity contribution >= 4 is 17.3 Å². The van der Waals surface area contributed by atoms with Gasteiger partial charge in [0.2, 0.25) is 5.95 Å². The van der Waals surface area contributed by atoms with E-state index in [0.717, 1.165) is 74.6 Å². The summed E-state index contributed by atoms with van der Waals surface area (Å²) in [4.78, 5) is 11.5. The van der Waals surface area contributed by atoms with Gasteiger partial charge in [0, 0.05) is 74.0 Å². The van der Waals surface area contributed by atoms with Crippen LogP contribution >= 0.6 is 0 Å². The molecule has 2 aliphatic heterocycles. The van der Waals surface area contributed by atoms with Crippen LogP contribution in [0.1, 0.15) is 31.4 Å². The molecule has 2 aliphatic rings. The van der Waals surface area contributed by atoms with Crippen LogP contribution in [-0.2, 0) is 0 Å². The molecular formula is C25H31N9. The van der Waals surface area contributed by atoms with Crippen LogP contribution in [0.4, 0.5) is 17.3 Å². The first kappa shape index (κ1) is 22.3. The molecule has 2 fully saturated rings. The van der Waals surface area contributed by atoms with Gasteiger partial charge >= 0.3 is 0 Å². The van der Waals surface area contributed by atoms with E-state index in [1.165, 1.54) is 0 Å². The molecule has 4 heterocycles. The molecule has 0 unspecified atom stereocenters. The number of benzene rings is 1. The van der Waals surface area contributed by atoms with Crippen molar-refractivity contribution in [2.45, 2.75) is 25.8 Å². The number of likely N-dealkylation sites (tertiary alicyclic amines) is 1. The van der Waals surface area contributed by atoms with Crippen molar-refractivity contribution in [3.8, 4) is 17.2 Å². The van der Waals surface area contributed by atoms with Gasteiger partial charge in [-0.1, -0.05) is 6.92 Å². The molecule has 1 aromatic carbocycles. The van der Waals surface area contributed by atoms with Crippen molar-refractivity contribution in [1.82, 2.24) is 30.0 Å². The van der Waals surface area contributed by atoms with Gasteiger partial charge in [0.05, 0.1) is 23.5 Å². The molecule has 3 aromatic rings. The highest BCUT2D eigenvalue weighted by atomic mass is 15.3. The van der Waals surface area contributed by atoms with Crippen molar-refractivity contribution in [3.63, 3.8) is 0 Å². The van der Waals surface area contributed by atoms with Crippen LogP contribution in [0.3, 0.4) is 0 Å². The Bertz CT molecular complexity index is 1140. The van der Waals surface area contributed by atoms with E-state index in [0.29, 0.717) is 23.5 Å². The van der Waals surface area contributed by atoms with Gasteiger partial charge in [-0.05, 0) is 37.6 Å². The van der Waals surface area contributed by atoms with Crippen molar-refractivity contribution in [2.75, 3.05) is 49.9 Å². The summed E-state index contributed by atoms with van der Waals surface area (Å²) in [5, 5.41) is 24.0. The summed E-state index contributed by atoms with van der Waals surface area (Å²) in [7, 11) is 0. The molecular weight excluding hydrogens is 426 g/mol. The average molecular weight is 458 g/mol. The molecule has 5 rings (SSSR count). The maximum Gasteiger partial charge on any atom is 0.227 e. The quantitative estimate of drug-likeness (QED) is 0.473. The average Bonchev–Trinajstić information content (AvgIpc) is 3.34. The van der Waals surface area contributed by atoms with E-state index < -0.39 is 0 Å². The maximum absolute atomic E-state index is 9.43. The van der Waals surface area contributed by atoms with Crippen molar-refractivity contribution in [2.24, 2.45) is 5.92 Å². The summed E-state index contributed by atoms with van der Waals surface area (Å²) >= 11 is 0. The molecule has 0 bridgehead atoms. The molecule has 0 atom stereocenters. The first-order chi connectivity index (χ1) is 16.7. The molecule has 9 heteroatoms. The summed E-state index contributed by atoms with van der Waals surface area (Å²) in [6.45, 7) is 8.48. The summed E-state index contributed by atoms with van der Waals surface area (Å²) in [6, 6.07) is 8.34. The fraction of sp³-hybridized carbons (Fsp3) is 0.440. The van der Waals surface area contributed by atoms with Gasteiger partial charge in [-0.2, -0.15) is 10.4 Å². The van der Waals surface area contributed by atoms with Crippen LogP contribution < -0.4 is 16.0 Å². The predicted octanol–water partition coefficient (Wildman–Crippen LogP) is 3.24. The number of hydrogen-bond acceptors (Lipinski definition) is 8. The zero-order chi connectivity index (χ0) is 23.3. The van der Waals surface area contributed by atoms with Crippen LogP contribution in [0, 0.1) is 17.2 Å². The Morgan fingerprint density at radius 1 is 1.12 bits per heavy atom. The second kappa shape index (κ2) is 10.2. The van der Waals surface area contributed by atoms with Gasteiger partial charge in [-0.15, -0.1) is 0 Å². The van der Waals surface area contributed by atoms with Crippen molar-refractivity contribution in [3.05, 3.63) is 48.5 Å². The Morgan fingerprint density at radius 2 is 1.91 bits per heavy atom. The molecule has 9 nitrogen and oxygen atoms in total. The molecule has 0 spiro atoms. The van der Waals surface area contributed by atoms with E-state index in [1.54, 1.807) is 0 Å². The minimum absolute atomic E-state index is 0.457. The minimum atomic E-state index is 0.457. The lowest BCUT2D eigenvalue weighted by Gasteiger charge is -2.31. The first-order valence-electron chi connectivity index (χ1n) is 12.1. The molecule has 176 valence electrons. The van der Waals surface area contributed by atoms with Crippen LogP contribution in [0.5, 0.6) is 0 Å². The van der Waals surface area contributed by atoms with Crippen molar-refractivity contribution in [1.29, 1.82) is 5.26 Å². The van der Waals surface area contributed by atoms with Gasteiger partial charge in [-0.3, -0.25) is 4.68 Å². The Hall–Kier alpha value is -3.48. The third-order valence-corrected chi connectivity index (χ3v) is 6.81. The second-order valence-electron chi connectivity index (χ2n) is 9.07. The molecule has 0 radical (unpaired) electrons. The van der Waals surface area contributed by atoms with E-state index in [9.17, 15) is 5.26 Å². The van der Waals surface area contributed by atoms with Gasteiger partial charge in [0.1, 0.15) is 6.07 Å². The number of piperidine rings is 1. The number of nitriles is 1. The Kier molecular flexibility index (Phi) is 6.70. The molecule has 34 heavy (non-hydrogen) atoms. The zero-order valence-electron chi connectivity index (χ0n) is 19.5. The topological polar surface area (TPSA) is 107 Å². The Labute approximate surface area is 200 Å². The first-order valence-corrected chi connectivity index (χ1v) is 12.1. The number of aromatic nitrogens is 4. The Balaban J connectivity index is 1.23. The number of hydrogen-bond donors (Lipinski definition) is 3. The highest BCUT2D eigenvalue weighted by Gasteiger charge is 2.20. The van der Waals surface area contributed by atoms with Crippen molar-refractivity contribution < 1.29 is 0 Å². The third-order valence-electron chi connectivity index (χ3n) is 6.81. The van der Waals surface area contributed by atoms with E-state index in [2.05, 4.69) is 59.8 Å². The summed E-state index contributed by atoms with van der Waals surface area (Å²) < 4.78 is 2.10. The monoisotopic (exact) mass is 457 g/mol. The SMILES string of the molecule is CCN1CCC(n2cc(-c3cnc(Nc4ccc(C#N)c(NCC5CNC5)c4)nc3)cn2)CC1. The van der Waals surface area contributed by atoms with E-state index in [-0.39, 0.29) is 0 Å². The lowest BCUT2D eigenvalue weighted by Crippen LogP contribution is -2.45. The van der Waals surface area contributed by atoms with Gasteiger partial charge in [0.25, 0.3) is 0 Å². The van der Waals surface area contributed by atoms with Crippen LogP contribution in [-0.4, -0.2) is 63.9 Å². The smallest absolute Gasteiger partial charge is 0.227 e. The molecule has 0 amide bonds. The highest BCUT2D eigenvalue weighted by molar-refractivity contribution is 5.68. The van der Waals surface area contributed by atoms with Crippen LogP contribution in [0.2, 0.25) is 0 Å². The lowest BCUT2D eigenvalue weighted by molar-refractivity contribution is 0.187. The molecule has 3 N–H and O–H groups in total. The number of anilines is 3. The molecule has 2 aromatic heterocycles. The third kappa shape index (κ3) is 5.03.